The van der Waals surface area contributed by atoms with Crippen LogP contribution in [0.1, 0.15) is 12.7 Å². The van der Waals surface area contributed by atoms with Gasteiger partial charge in [-0.3, -0.25) is 0 Å². The predicted octanol–water partition coefficient (Wildman–Crippen LogP) is 1.72. The Morgan fingerprint density at radius 1 is 1.24 bits per heavy atom. The third kappa shape index (κ3) is 4.52. The number of nitrogens with one attached hydrogen (secondary N) is 1. The van der Waals surface area contributed by atoms with Crippen molar-refractivity contribution in [2.24, 2.45) is 0 Å². The van der Waals surface area contributed by atoms with Crippen LogP contribution in [-0.4, -0.2) is 54.8 Å². The number of imidazole rings is 1. The van der Waals surface area contributed by atoms with Crippen molar-refractivity contribution in [2.75, 3.05) is 40.4 Å². The van der Waals surface area contributed by atoms with E-state index in [0.29, 0.717) is 0 Å². The highest BCUT2D eigenvalue weighted by atomic mass is 16.5. The zero-order chi connectivity index (χ0) is 15.1. The first kappa shape index (κ1) is 15.9. The molecule has 0 aliphatic carbocycles. The second-order valence-corrected chi connectivity index (χ2v) is 5.35. The van der Waals surface area contributed by atoms with Crippen LogP contribution < -0.4 is 5.32 Å². The fourth-order valence-corrected chi connectivity index (χ4v) is 2.31. The summed E-state index contributed by atoms with van der Waals surface area (Å²) >= 11 is 0. The molecule has 0 aliphatic rings. The molecule has 5 nitrogen and oxygen atoms in total. The number of nitrogens with zero attached hydrogens (tertiary/aromatic N) is 3. The third-order valence-electron chi connectivity index (χ3n) is 3.44. The molecule has 2 rings (SSSR count). The van der Waals surface area contributed by atoms with Crippen LogP contribution in [0.2, 0.25) is 0 Å². The lowest BCUT2D eigenvalue weighted by Crippen LogP contribution is -2.24. The Morgan fingerprint density at radius 3 is 2.81 bits per heavy atom. The van der Waals surface area contributed by atoms with Crippen LogP contribution >= 0.6 is 0 Å². The van der Waals surface area contributed by atoms with Crippen LogP contribution in [0.5, 0.6) is 0 Å². The first-order valence-electron chi connectivity index (χ1n) is 7.59. The van der Waals surface area contributed by atoms with Gasteiger partial charge in [-0.05, 0) is 33.2 Å². The summed E-state index contributed by atoms with van der Waals surface area (Å²) in [4.78, 5) is 6.82. The van der Waals surface area contributed by atoms with Crippen LogP contribution in [0.15, 0.2) is 24.3 Å². The molecule has 0 spiro atoms. The molecule has 1 aromatic carbocycles. The Morgan fingerprint density at radius 2 is 2.05 bits per heavy atom. The van der Waals surface area contributed by atoms with Crippen molar-refractivity contribution >= 4 is 11.0 Å². The summed E-state index contributed by atoms with van der Waals surface area (Å²) in [5.74, 6) is 1.09. The van der Waals surface area contributed by atoms with E-state index in [1.54, 1.807) is 0 Å². The monoisotopic (exact) mass is 290 g/mol. The van der Waals surface area contributed by atoms with E-state index < -0.39 is 0 Å². The van der Waals surface area contributed by atoms with E-state index in [9.17, 15) is 0 Å². The van der Waals surface area contributed by atoms with Crippen LogP contribution in [-0.2, 0) is 17.8 Å². The van der Waals surface area contributed by atoms with E-state index in [2.05, 4.69) is 54.0 Å². The summed E-state index contributed by atoms with van der Waals surface area (Å²) in [6, 6.07) is 8.28. The summed E-state index contributed by atoms with van der Waals surface area (Å²) < 4.78 is 7.83. The number of hydrogen-bond acceptors (Lipinski definition) is 4. The number of aryl methyl sites for hydroxylation is 1. The molecular formula is C16H26N4O. The van der Waals surface area contributed by atoms with Crippen LogP contribution in [0.4, 0.5) is 0 Å². The Labute approximate surface area is 126 Å². The topological polar surface area (TPSA) is 42.3 Å². The number of likely N-dealkylation sites (N-methyl/N-ethyl adjacent to an activating group) is 1. The second kappa shape index (κ2) is 8.12. The maximum absolute atomic E-state index is 5.57. The van der Waals surface area contributed by atoms with E-state index >= 15 is 0 Å². The summed E-state index contributed by atoms with van der Waals surface area (Å²) in [6.07, 6.45) is 0. The van der Waals surface area contributed by atoms with Gasteiger partial charge in [-0.1, -0.05) is 12.1 Å². The second-order valence-electron chi connectivity index (χ2n) is 5.35. The Balaban J connectivity index is 1.78. The maximum Gasteiger partial charge on any atom is 0.123 e. The fourth-order valence-electron chi connectivity index (χ4n) is 2.31. The van der Waals surface area contributed by atoms with Crippen LogP contribution in [0, 0.1) is 0 Å². The van der Waals surface area contributed by atoms with Gasteiger partial charge in [0, 0.05) is 19.6 Å². The molecule has 5 heteroatoms. The first-order chi connectivity index (χ1) is 10.2. The number of rotatable bonds is 9. The Bertz CT molecular complexity index is 550. The predicted molar refractivity (Wildman–Crippen MR) is 86.5 cm³/mol. The molecule has 0 radical (unpaired) electrons. The molecule has 116 valence electrons. The van der Waals surface area contributed by atoms with Gasteiger partial charge in [0.15, 0.2) is 0 Å². The lowest BCUT2D eigenvalue weighted by molar-refractivity contribution is 0.119. The molecule has 0 saturated heterocycles. The average Bonchev–Trinajstić information content (AvgIpc) is 2.83. The normalized spacial score (nSPS) is 11.6. The number of fused-ring (bicyclic) bond motifs is 1. The lowest BCUT2D eigenvalue weighted by Gasteiger charge is -2.10. The highest BCUT2D eigenvalue weighted by Gasteiger charge is 2.07. The van der Waals surface area contributed by atoms with Crippen molar-refractivity contribution in [3.8, 4) is 0 Å². The standard InChI is InChI=1S/C16H26N4O/c1-4-20-15-8-6-5-7-14(15)18-16(20)13-17-9-11-21-12-10-19(2)3/h5-8,17H,4,9-13H2,1-3H3. The highest BCUT2D eigenvalue weighted by molar-refractivity contribution is 5.75. The number of ether oxygens (including phenoxy) is 1. The van der Waals surface area contributed by atoms with Gasteiger partial charge in [0.2, 0.25) is 0 Å². The minimum absolute atomic E-state index is 0.736. The van der Waals surface area contributed by atoms with E-state index in [-0.39, 0.29) is 0 Å². The van der Waals surface area contributed by atoms with Gasteiger partial charge < -0.3 is 19.5 Å². The lowest BCUT2D eigenvalue weighted by atomic mass is 10.3. The molecule has 21 heavy (non-hydrogen) atoms. The van der Waals surface area contributed by atoms with Gasteiger partial charge in [-0.15, -0.1) is 0 Å². The van der Waals surface area contributed by atoms with Gasteiger partial charge in [0.25, 0.3) is 0 Å². The number of para-hydroxylation sites is 2. The number of aromatic nitrogens is 2. The minimum atomic E-state index is 0.736. The Kier molecular flexibility index (Phi) is 6.17. The molecule has 0 saturated carbocycles. The van der Waals surface area contributed by atoms with Crippen molar-refractivity contribution in [1.82, 2.24) is 19.8 Å². The Hall–Kier alpha value is -1.43. The van der Waals surface area contributed by atoms with E-state index in [0.717, 1.165) is 50.7 Å². The number of benzene rings is 1. The smallest absolute Gasteiger partial charge is 0.123 e. The van der Waals surface area contributed by atoms with Gasteiger partial charge >= 0.3 is 0 Å². The molecule has 0 unspecified atom stereocenters. The average molecular weight is 290 g/mol. The van der Waals surface area contributed by atoms with Crippen molar-refractivity contribution in [2.45, 2.75) is 20.0 Å². The molecule has 1 N–H and O–H groups in total. The minimum Gasteiger partial charge on any atom is -0.379 e. The van der Waals surface area contributed by atoms with E-state index in [1.165, 1.54) is 5.52 Å². The first-order valence-corrected chi connectivity index (χ1v) is 7.59. The van der Waals surface area contributed by atoms with Gasteiger partial charge in [0.1, 0.15) is 5.82 Å². The zero-order valence-corrected chi connectivity index (χ0v) is 13.3. The van der Waals surface area contributed by atoms with Gasteiger partial charge in [-0.25, -0.2) is 4.98 Å². The maximum atomic E-state index is 5.57. The summed E-state index contributed by atoms with van der Waals surface area (Å²) in [6.45, 7) is 7.20. The highest BCUT2D eigenvalue weighted by Crippen LogP contribution is 2.15. The van der Waals surface area contributed by atoms with E-state index in [1.807, 2.05) is 6.07 Å². The third-order valence-corrected chi connectivity index (χ3v) is 3.44. The largest absolute Gasteiger partial charge is 0.379 e. The molecule has 1 aromatic heterocycles. The molecular weight excluding hydrogens is 264 g/mol. The van der Waals surface area contributed by atoms with Crippen LogP contribution in [0.3, 0.4) is 0 Å². The van der Waals surface area contributed by atoms with Gasteiger partial charge in [0.05, 0.1) is 30.8 Å². The molecule has 0 atom stereocenters. The summed E-state index contributed by atoms with van der Waals surface area (Å²) in [5, 5.41) is 3.40. The summed E-state index contributed by atoms with van der Waals surface area (Å²) in [5.41, 5.74) is 2.28. The van der Waals surface area contributed by atoms with Gasteiger partial charge in [-0.2, -0.15) is 0 Å². The molecule has 2 aromatic rings. The fraction of sp³-hybridized carbons (Fsp3) is 0.562. The van der Waals surface area contributed by atoms with Crippen LogP contribution in [0.25, 0.3) is 11.0 Å². The number of hydrogen-bond donors (Lipinski definition) is 1. The van der Waals surface area contributed by atoms with Crippen molar-refractivity contribution in [3.05, 3.63) is 30.1 Å². The molecule has 1 heterocycles. The quantitative estimate of drug-likeness (QED) is 0.714. The van der Waals surface area contributed by atoms with E-state index in [4.69, 9.17) is 9.72 Å². The SMILES string of the molecule is CCn1c(CNCCOCCN(C)C)nc2ccccc21. The van der Waals surface area contributed by atoms with Crippen molar-refractivity contribution < 1.29 is 4.74 Å². The van der Waals surface area contributed by atoms with Crippen molar-refractivity contribution in [1.29, 1.82) is 0 Å². The summed E-state index contributed by atoms with van der Waals surface area (Å²) in [7, 11) is 4.10. The van der Waals surface area contributed by atoms with Crippen molar-refractivity contribution in [3.63, 3.8) is 0 Å². The molecule has 0 bridgehead atoms. The zero-order valence-electron chi connectivity index (χ0n) is 13.3. The molecule has 0 amide bonds. The molecule has 0 aliphatic heterocycles. The molecule has 0 fully saturated rings.